The van der Waals surface area contributed by atoms with Gasteiger partial charge < -0.3 is 14.2 Å². The van der Waals surface area contributed by atoms with E-state index in [1.165, 1.54) is 36.3 Å². The zero-order chi connectivity index (χ0) is 21.6. The first kappa shape index (κ1) is 22.1. The fourth-order valence-corrected chi connectivity index (χ4v) is 3.41. The van der Waals surface area contributed by atoms with Crippen LogP contribution in [0.1, 0.15) is 36.8 Å². The average Bonchev–Trinajstić information content (AvgIpc) is 3.14. The van der Waals surface area contributed by atoms with E-state index in [0.29, 0.717) is 17.4 Å². The Balaban J connectivity index is 2.22. The van der Waals surface area contributed by atoms with E-state index < -0.39 is 16.6 Å². The molecule has 1 heterocycles. The molecule has 10 nitrogen and oxygen atoms in total. The van der Waals surface area contributed by atoms with Gasteiger partial charge in [-0.1, -0.05) is 0 Å². The molecule has 29 heavy (non-hydrogen) atoms. The summed E-state index contributed by atoms with van der Waals surface area (Å²) in [5, 5.41) is 13.5. The van der Waals surface area contributed by atoms with Crippen LogP contribution in [0.2, 0.25) is 0 Å². The van der Waals surface area contributed by atoms with Crippen molar-refractivity contribution in [1.29, 1.82) is 0 Å². The summed E-state index contributed by atoms with van der Waals surface area (Å²) >= 11 is 1.24. The third-order valence-corrected chi connectivity index (χ3v) is 4.73. The molecule has 156 valence electrons. The number of methoxy groups -OCH3 is 1. The van der Waals surface area contributed by atoms with Crippen molar-refractivity contribution in [2.24, 2.45) is 0 Å². The van der Waals surface area contributed by atoms with E-state index >= 15 is 0 Å². The van der Waals surface area contributed by atoms with Crippen LogP contribution in [0, 0.1) is 10.1 Å². The number of thiazole rings is 1. The number of aromatic nitrogens is 1. The van der Waals surface area contributed by atoms with Gasteiger partial charge in [-0.25, -0.2) is 9.78 Å². The quantitative estimate of drug-likeness (QED) is 0.342. The number of amides is 1. The minimum atomic E-state index is -0.895. The van der Waals surface area contributed by atoms with Crippen LogP contribution < -0.4 is 14.4 Å². The maximum Gasteiger partial charge on any atom is 0.345 e. The number of nitrogens with zero attached hydrogens (tertiary/aromatic N) is 3. The number of carbonyl (C=O) groups is 2. The third kappa shape index (κ3) is 5.19. The number of nitro benzene ring substituents is 1. The Hall–Kier alpha value is -3.21. The van der Waals surface area contributed by atoms with Gasteiger partial charge in [0.25, 0.3) is 5.69 Å². The molecule has 0 saturated carbocycles. The van der Waals surface area contributed by atoms with Crippen molar-refractivity contribution in [2.45, 2.75) is 27.4 Å². The van der Waals surface area contributed by atoms with Gasteiger partial charge in [0.2, 0.25) is 5.91 Å². The average molecular weight is 423 g/mol. The molecule has 1 aromatic heterocycles. The molecule has 0 fully saturated rings. The second-order valence-electron chi connectivity index (χ2n) is 5.67. The first-order valence-corrected chi connectivity index (χ1v) is 9.59. The SMILES string of the molecule is CCOc1cc(C(=O)OCc2csc(N(CC)C(C)=O)n2)c([N+](=O)[O-])cc1OC. The normalized spacial score (nSPS) is 10.3. The molecule has 11 heteroatoms. The molecule has 2 aromatic rings. The Morgan fingerprint density at radius 3 is 2.55 bits per heavy atom. The Labute approximate surface area is 171 Å². The molecule has 0 aliphatic heterocycles. The first-order chi connectivity index (χ1) is 13.8. The second kappa shape index (κ2) is 9.82. The summed E-state index contributed by atoms with van der Waals surface area (Å²) in [6, 6.07) is 2.35. The minimum absolute atomic E-state index is 0.142. The van der Waals surface area contributed by atoms with Crippen molar-refractivity contribution in [3.05, 3.63) is 38.9 Å². The highest BCUT2D eigenvalue weighted by Gasteiger charge is 2.26. The number of anilines is 1. The molecule has 0 saturated heterocycles. The summed E-state index contributed by atoms with van der Waals surface area (Å²) < 4.78 is 15.7. The summed E-state index contributed by atoms with van der Waals surface area (Å²) in [6.07, 6.45) is 0. The Bertz CT molecular complexity index is 913. The fraction of sp³-hybridized carbons (Fsp3) is 0.389. The molecule has 0 atom stereocenters. The van der Waals surface area contributed by atoms with E-state index in [4.69, 9.17) is 14.2 Å². The van der Waals surface area contributed by atoms with Crippen LogP contribution in [0.5, 0.6) is 11.5 Å². The van der Waals surface area contributed by atoms with E-state index in [1.54, 1.807) is 12.3 Å². The Kier molecular flexibility index (Phi) is 7.48. The number of nitro groups is 1. The largest absolute Gasteiger partial charge is 0.493 e. The highest BCUT2D eigenvalue weighted by Crippen LogP contribution is 2.35. The Morgan fingerprint density at radius 1 is 1.28 bits per heavy atom. The smallest absolute Gasteiger partial charge is 0.345 e. The lowest BCUT2D eigenvalue weighted by Crippen LogP contribution is -2.27. The molecule has 0 aliphatic carbocycles. The van der Waals surface area contributed by atoms with Crippen molar-refractivity contribution in [2.75, 3.05) is 25.2 Å². The minimum Gasteiger partial charge on any atom is -0.493 e. The van der Waals surface area contributed by atoms with E-state index in [1.807, 2.05) is 6.92 Å². The van der Waals surface area contributed by atoms with Crippen molar-refractivity contribution >= 4 is 34.0 Å². The summed E-state index contributed by atoms with van der Waals surface area (Å²) in [6.45, 7) is 5.54. The number of esters is 1. The van der Waals surface area contributed by atoms with Gasteiger partial charge in [0.05, 0.1) is 30.4 Å². The first-order valence-electron chi connectivity index (χ1n) is 8.71. The van der Waals surface area contributed by atoms with Crippen LogP contribution in [-0.2, 0) is 16.1 Å². The molecule has 0 aliphatic rings. The molecular formula is C18H21N3O7S. The number of carbonyl (C=O) groups excluding carboxylic acids is 2. The predicted molar refractivity (Wildman–Crippen MR) is 106 cm³/mol. The molecule has 1 aromatic carbocycles. The monoisotopic (exact) mass is 423 g/mol. The van der Waals surface area contributed by atoms with Crippen molar-refractivity contribution in [3.8, 4) is 11.5 Å². The maximum absolute atomic E-state index is 12.5. The lowest BCUT2D eigenvalue weighted by Gasteiger charge is -2.14. The number of benzene rings is 1. The molecule has 0 unspecified atom stereocenters. The molecule has 0 bridgehead atoms. The van der Waals surface area contributed by atoms with Gasteiger partial charge >= 0.3 is 5.97 Å². The molecule has 0 radical (unpaired) electrons. The zero-order valence-electron chi connectivity index (χ0n) is 16.5. The van der Waals surface area contributed by atoms with Gasteiger partial charge in [0, 0.05) is 24.9 Å². The van der Waals surface area contributed by atoms with Crippen molar-refractivity contribution < 1.29 is 28.7 Å². The zero-order valence-corrected chi connectivity index (χ0v) is 17.3. The summed E-state index contributed by atoms with van der Waals surface area (Å²) in [7, 11) is 1.35. The predicted octanol–water partition coefficient (Wildman–Crippen LogP) is 3.19. The van der Waals surface area contributed by atoms with Crippen LogP contribution in [-0.4, -0.2) is 42.0 Å². The van der Waals surface area contributed by atoms with Crippen LogP contribution >= 0.6 is 11.3 Å². The lowest BCUT2D eigenvalue weighted by atomic mass is 10.1. The van der Waals surface area contributed by atoms with Crippen molar-refractivity contribution in [3.63, 3.8) is 0 Å². The van der Waals surface area contributed by atoms with Crippen LogP contribution in [0.4, 0.5) is 10.8 Å². The van der Waals surface area contributed by atoms with Crippen LogP contribution in [0.15, 0.2) is 17.5 Å². The van der Waals surface area contributed by atoms with Crippen LogP contribution in [0.25, 0.3) is 0 Å². The summed E-state index contributed by atoms with van der Waals surface area (Å²) in [4.78, 5) is 40.5. The highest BCUT2D eigenvalue weighted by atomic mass is 32.1. The van der Waals surface area contributed by atoms with E-state index in [-0.39, 0.29) is 36.2 Å². The molecular weight excluding hydrogens is 402 g/mol. The topological polar surface area (TPSA) is 121 Å². The van der Waals surface area contributed by atoms with Crippen LogP contribution in [0.3, 0.4) is 0 Å². The number of hydrogen-bond acceptors (Lipinski definition) is 9. The van der Waals surface area contributed by atoms with Gasteiger partial charge in [-0.05, 0) is 13.8 Å². The fourth-order valence-electron chi connectivity index (χ4n) is 2.49. The van der Waals surface area contributed by atoms with E-state index in [9.17, 15) is 19.7 Å². The number of rotatable bonds is 9. The molecule has 0 spiro atoms. The standard InChI is InChI=1S/C18H21N3O7S/c1-5-20(11(3)22)18-19-12(10-29-18)9-28-17(23)13-7-16(27-6-2)15(26-4)8-14(13)21(24)25/h7-8,10H,5-6,9H2,1-4H3. The van der Waals surface area contributed by atoms with Gasteiger partial charge in [-0.3, -0.25) is 19.8 Å². The number of ether oxygens (including phenoxy) is 3. The van der Waals surface area contributed by atoms with E-state index in [0.717, 1.165) is 6.07 Å². The Morgan fingerprint density at radius 2 is 2.00 bits per heavy atom. The lowest BCUT2D eigenvalue weighted by molar-refractivity contribution is -0.385. The second-order valence-corrected chi connectivity index (χ2v) is 6.51. The maximum atomic E-state index is 12.5. The van der Waals surface area contributed by atoms with Crippen molar-refractivity contribution in [1.82, 2.24) is 4.98 Å². The highest BCUT2D eigenvalue weighted by molar-refractivity contribution is 7.14. The van der Waals surface area contributed by atoms with E-state index in [2.05, 4.69) is 4.98 Å². The molecule has 0 N–H and O–H groups in total. The van der Waals surface area contributed by atoms with Gasteiger partial charge in [0.15, 0.2) is 16.6 Å². The van der Waals surface area contributed by atoms with Gasteiger partial charge in [0.1, 0.15) is 12.2 Å². The molecule has 1 amide bonds. The summed E-state index contributed by atoms with van der Waals surface area (Å²) in [5.41, 5.74) is -0.282. The summed E-state index contributed by atoms with van der Waals surface area (Å²) in [5.74, 6) is -0.705. The third-order valence-electron chi connectivity index (χ3n) is 3.82. The van der Waals surface area contributed by atoms with Gasteiger partial charge in [-0.2, -0.15) is 0 Å². The molecule has 2 rings (SSSR count). The van der Waals surface area contributed by atoms with Gasteiger partial charge in [-0.15, -0.1) is 11.3 Å². The number of hydrogen-bond donors (Lipinski definition) is 0.